The second-order valence-electron chi connectivity index (χ2n) is 6.16. The van der Waals surface area contributed by atoms with E-state index in [4.69, 9.17) is 4.74 Å². The van der Waals surface area contributed by atoms with Gasteiger partial charge in [-0.3, -0.25) is 19.3 Å². The summed E-state index contributed by atoms with van der Waals surface area (Å²) in [7, 11) is 0. The number of ether oxygens (including phenoxy) is 1. The zero-order valence-electron chi connectivity index (χ0n) is 13.0. The molecule has 0 unspecified atom stereocenters. The molecule has 1 aromatic carbocycles. The van der Waals surface area contributed by atoms with Gasteiger partial charge in [0.25, 0.3) is 0 Å². The smallest absolute Gasteiger partial charge is 0.326 e. The highest BCUT2D eigenvalue weighted by Crippen LogP contribution is 2.37. The Balaban J connectivity index is 1.58. The van der Waals surface area contributed by atoms with Gasteiger partial charge in [0.05, 0.1) is 11.8 Å². The van der Waals surface area contributed by atoms with Gasteiger partial charge in [0.2, 0.25) is 11.8 Å². The Hall–Kier alpha value is -1.76. The summed E-state index contributed by atoms with van der Waals surface area (Å²) in [4.78, 5) is 37.5. The Morgan fingerprint density at radius 2 is 1.83 bits per heavy atom. The van der Waals surface area contributed by atoms with E-state index in [0.29, 0.717) is 17.3 Å². The second-order valence-corrected chi connectivity index (χ2v) is 7.07. The molecule has 5 nitrogen and oxygen atoms in total. The number of hydrogen-bond donors (Lipinski definition) is 0. The van der Waals surface area contributed by atoms with Gasteiger partial charge in [-0.1, -0.05) is 34.8 Å². The number of hydrogen-bond acceptors (Lipinski definition) is 4. The van der Waals surface area contributed by atoms with Crippen LogP contribution in [0.4, 0.5) is 4.39 Å². The average molecular weight is 398 g/mol. The molecule has 0 radical (unpaired) electrons. The van der Waals surface area contributed by atoms with Crippen LogP contribution in [0.25, 0.3) is 0 Å². The van der Waals surface area contributed by atoms with Crippen LogP contribution < -0.4 is 0 Å². The Bertz CT molecular complexity index is 669. The van der Waals surface area contributed by atoms with Crippen LogP contribution in [0.5, 0.6) is 0 Å². The second kappa shape index (κ2) is 7.01. The molecule has 3 rings (SSSR count). The number of esters is 1. The molecule has 128 valence electrons. The summed E-state index contributed by atoms with van der Waals surface area (Å²) in [5, 5.41) is 0. The lowest BCUT2D eigenvalue weighted by atomic mass is 9.81. The fourth-order valence-corrected chi connectivity index (χ4v) is 3.69. The summed E-state index contributed by atoms with van der Waals surface area (Å²) < 4.78 is 19.3. The third-order valence-corrected chi connectivity index (χ3v) is 5.12. The summed E-state index contributed by atoms with van der Waals surface area (Å²) in [5.41, 5.74) is 0.235. The van der Waals surface area contributed by atoms with E-state index in [1.807, 2.05) is 0 Å². The molecule has 2 aliphatic rings. The zero-order chi connectivity index (χ0) is 17.3. The number of likely N-dealkylation sites (tertiary alicyclic amines) is 1. The van der Waals surface area contributed by atoms with Crippen molar-refractivity contribution >= 4 is 33.7 Å². The van der Waals surface area contributed by atoms with Crippen LogP contribution in [0.15, 0.2) is 22.7 Å². The van der Waals surface area contributed by atoms with E-state index >= 15 is 0 Å². The van der Waals surface area contributed by atoms with Gasteiger partial charge in [-0.15, -0.1) is 0 Å². The molecule has 7 heteroatoms. The molecular formula is C17H17BrFNO4. The first-order chi connectivity index (χ1) is 11.5. The highest BCUT2D eigenvalue weighted by molar-refractivity contribution is 9.10. The molecule has 24 heavy (non-hydrogen) atoms. The Labute approximate surface area is 147 Å². The van der Waals surface area contributed by atoms with Crippen molar-refractivity contribution in [2.75, 3.05) is 6.54 Å². The summed E-state index contributed by atoms with van der Waals surface area (Å²) in [6, 6.07) is 4.43. The summed E-state index contributed by atoms with van der Waals surface area (Å²) in [5.74, 6) is -2.34. The highest BCUT2D eigenvalue weighted by Gasteiger charge is 2.48. The van der Waals surface area contributed by atoms with Crippen molar-refractivity contribution in [3.63, 3.8) is 0 Å². The number of benzene rings is 1. The first-order valence-corrected chi connectivity index (χ1v) is 8.71. The lowest BCUT2D eigenvalue weighted by Gasteiger charge is -2.19. The van der Waals surface area contributed by atoms with Gasteiger partial charge >= 0.3 is 5.97 Å². The predicted octanol–water partition coefficient (Wildman–Crippen LogP) is 2.81. The average Bonchev–Trinajstić information content (AvgIpc) is 2.79. The first-order valence-electron chi connectivity index (χ1n) is 7.92. The molecule has 0 N–H and O–H groups in total. The molecule has 1 saturated carbocycles. The standard InChI is InChI=1S/C17H17BrFNO4/c18-11-6-5-10(14(19)7-11)9-24-15(21)8-20-16(22)12-3-1-2-4-13(12)17(20)23/h5-7,12-13H,1-4,8-9H2/t12-,13-/m0/s1. The van der Waals surface area contributed by atoms with Crippen molar-refractivity contribution in [1.82, 2.24) is 4.90 Å². The van der Waals surface area contributed by atoms with E-state index in [2.05, 4.69) is 15.9 Å². The first kappa shape index (κ1) is 17.1. The maximum Gasteiger partial charge on any atom is 0.326 e. The van der Waals surface area contributed by atoms with Crippen LogP contribution in [0.2, 0.25) is 0 Å². The lowest BCUT2D eigenvalue weighted by Crippen LogP contribution is -2.36. The molecule has 1 saturated heterocycles. The van der Waals surface area contributed by atoms with Gasteiger partial charge in [-0.2, -0.15) is 0 Å². The van der Waals surface area contributed by atoms with Gasteiger partial charge in [0.15, 0.2) is 0 Å². The molecule has 0 spiro atoms. The third kappa shape index (κ3) is 3.36. The quantitative estimate of drug-likeness (QED) is 0.578. The largest absolute Gasteiger partial charge is 0.459 e. The van der Waals surface area contributed by atoms with E-state index in [0.717, 1.165) is 17.7 Å². The topological polar surface area (TPSA) is 63.7 Å². The monoisotopic (exact) mass is 397 g/mol. The van der Waals surface area contributed by atoms with Gasteiger partial charge in [0.1, 0.15) is 19.0 Å². The fourth-order valence-electron chi connectivity index (χ4n) is 3.36. The number of fused-ring (bicyclic) bond motifs is 1. The van der Waals surface area contributed by atoms with Gasteiger partial charge < -0.3 is 4.74 Å². The van der Waals surface area contributed by atoms with Crippen molar-refractivity contribution in [3.05, 3.63) is 34.1 Å². The van der Waals surface area contributed by atoms with Crippen LogP contribution in [0.1, 0.15) is 31.2 Å². The van der Waals surface area contributed by atoms with Crippen molar-refractivity contribution in [1.29, 1.82) is 0 Å². The maximum absolute atomic E-state index is 13.7. The molecule has 1 aliphatic carbocycles. The number of carbonyl (C=O) groups is 3. The number of halogens is 2. The van der Waals surface area contributed by atoms with E-state index < -0.39 is 18.3 Å². The molecular weight excluding hydrogens is 381 g/mol. The van der Waals surface area contributed by atoms with Crippen molar-refractivity contribution < 1.29 is 23.5 Å². The molecule has 0 aromatic heterocycles. The number of imide groups is 1. The van der Waals surface area contributed by atoms with E-state index in [-0.39, 0.29) is 35.8 Å². The number of carbonyl (C=O) groups excluding carboxylic acids is 3. The minimum absolute atomic E-state index is 0.235. The Morgan fingerprint density at radius 3 is 2.42 bits per heavy atom. The van der Waals surface area contributed by atoms with Gasteiger partial charge in [-0.25, -0.2) is 4.39 Å². The molecule has 2 amide bonds. The fraction of sp³-hybridized carbons (Fsp3) is 0.471. The van der Waals surface area contributed by atoms with E-state index in [1.54, 1.807) is 6.07 Å². The van der Waals surface area contributed by atoms with Crippen LogP contribution in [0.3, 0.4) is 0 Å². The molecule has 2 atom stereocenters. The molecule has 0 bridgehead atoms. The van der Waals surface area contributed by atoms with Crippen molar-refractivity contribution in [3.8, 4) is 0 Å². The number of rotatable bonds is 4. The number of nitrogens with zero attached hydrogens (tertiary/aromatic N) is 1. The van der Waals surface area contributed by atoms with E-state index in [9.17, 15) is 18.8 Å². The highest BCUT2D eigenvalue weighted by atomic mass is 79.9. The zero-order valence-corrected chi connectivity index (χ0v) is 14.6. The molecule has 1 heterocycles. The van der Waals surface area contributed by atoms with Gasteiger partial charge in [-0.05, 0) is 25.0 Å². The normalized spacial score (nSPS) is 23.3. The van der Waals surface area contributed by atoms with Crippen LogP contribution >= 0.6 is 15.9 Å². The Morgan fingerprint density at radius 1 is 1.21 bits per heavy atom. The minimum atomic E-state index is -0.710. The summed E-state index contributed by atoms with van der Waals surface area (Å²) in [6.07, 6.45) is 3.26. The molecule has 2 fully saturated rings. The van der Waals surface area contributed by atoms with Crippen LogP contribution in [-0.2, 0) is 25.7 Å². The van der Waals surface area contributed by atoms with Crippen LogP contribution in [-0.4, -0.2) is 29.2 Å². The summed E-state index contributed by atoms with van der Waals surface area (Å²) >= 11 is 3.15. The maximum atomic E-state index is 13.7. The Kier molecular flexibility index (Phi) is 4.99. The van der Waals surface area contributed by atoms with E-state index in [1.165, 1.54) is 12.1 Å². The minimum Gasteiger partial charge on any atom is -0.459 e. The SMILES string of the molecule is O=C(CN1C(=O)[C@H]2CCCC[C@@H]2C1=O)OCc1ccc(Br)cc1F. The van der Waals surface area contributed by atoms with Crippen molar-refractivity contribution in [2.45, 2.75) is 32.3 Å². The number of amides is 2. The van der Waals surface area contributed by atoms with Gasteiger partial charge in [0, 0.05) is 10.0 Å². The third-order valence-electron chi connectivity index (χ3n) is 4.62. The van der Waals surface area contributed by atoms with Crippen LogP contribution in [0, 0.1) is 17.7 Å². The van der Waals surface area contributed by atoms with Crippen molar-refractivity contribution in [2.24, 2.45) is 11.8 Å². The molecule has 1 aliphatic heterocycles. The molecule has 1 aromatic rings. The summed E-state index contributed by atoms with van der Waals surface area (Å²) in [6.45, 7) is -0.635. The lowest BCUT2D eigenvalue weighted by molar-refractivity contribution is -0.153. The predicted molar refractivity (Wildman–Crippen MR) is 86.1 cm³/mol.